The number of benzene rings is 1. The van der Waals surface area contributed by atoms with Gasteiger partial charge in [0, 0.05) is 37.1 Å². The third-order valence-electron chi connectivity index (χ3n) is 4.90. The van der Waals surface area contributed by atoms with E-state index < -0.39 is 32.3 Å². The Hall–Kier alpha value is -2.76. The molecule has 2 aromatic heterocycles. The lowest BCUT2D eigenvalue weighted by Crippen LogP contribution is -2.34. The first-order valence-corrected chi connectivity index (χ1v) is 11.2. The maximum absolute atomic E-state index is 14.8. The van der Waals surface area contributed by atoms with Gasteiger partial charge in [0.25, 0.3) is 5.56 Å². The van der Waals surface area contributed by atoms with E-state index in [0.717, 1.165) is 16.4 Å². The van der Waals surface area contributed by atoms with Gasteiger partial charge in [-0.1, -0.05) is 6.92 Å². The molecule has 0 saturated heterocycles. The summed E-state index contributed by atoms with van der Waals surface area (Å²) in [5.74, 6) is -1.65. The molecular formula is C20H25FN4O5S. The Morgan fingerprint density at radius 1 is 1.19 bits per heavy atom. The smallest absolute Gasteiger partial charge is 0.340 e. The molecule has 0 aliphatic carbocycles. The van der Waals surface area contributed by atoms with Crippen molar-refractivity contribution in [2.75, 3.05) is 40.8 Å². The summed E-state index contributed by atoms with van der Waals surface area (Å²) in [6.45, 7) is 2.65. The average Bonchev–Trinajstić information content (AvgIpc) is 3.15. The van der Waals surface area contributed by atoms with Crippen molar-refractivity contribution in [2.45, 2.75) is 18.2 Å². The number of aromatic amines is 2. The Morgan fingerprint density at radius 3 is 2.55 bits per heavy atom. The van der Waals surface area contributed by atoms with Gasteiger partial charge in [-0.05, 0) is 32.6 Å². The molecule has 168 valence electrons. The maximum atomic E-state index is 14.8. The second-order valence-corrected chi connectivity index (χ2v) is 9.51. The van der Waals surface area contributed by atoms with Crippen LogP contribution in [0.3, 0.4) is 0 Å². The first kappa shape index (κ1) is 22.9. The molecular weight excluding hydrogens is 427 g/mol. The molecule has 0 spiro atoms. The summed E-state index contributed by atoms with van der Waals surface area (Å²) < 4.78 is 47.1. The van der Waals surface area contributed by atoms with Crippen LogP contribution in [-0.2, 0) is 14.8 Å². The van der Waals surface area contributed by atoms with E-state index in [-0.39, 0.29) is 40.5 Å². The molecule has 0 atom stereocenters. The minimum atomic E-state index is -4.15. The second-order valence-electron chi connectivity index (χ2n) is 7.50. The number of halogens is 1. The third kappa shape index (κ3) is 4.34. The van der Waals surface area contributed by atoms with E-state index in [4.69, 9.17) is 4.74 Å². The van der Waals surface area contributed by atoms with E-state index >= 15 is 0 Å². The molecule has 2 N–H and O–H groups in total. The van der Waals surface area contributed by atoms with Crippen LogP contribution < -0.4 is 5.56 Å². The van der Waals surface area contributed by atoms with Crippen molar-refractivity contribution in [1.82, 2.24) is 19.2 Å². The zero-order valence-electron chi connectivity index (χ0n) is 17.8. The van der Waals surface area contributed by atoms with Crippen LogP contribution in [0.15, 0.2) is 28.0 Å². The molecule has 0 amide bonds. The summed E-state index contributed by atoms with van der Waals surface area (Å²) in [6.07, 6.45) is 1.94. The fraction of sp³-hybridized carbons (Fsp3) is 0.400. The summed E-state index contributed by atoms with van der Waals surface area (Å²) in [5, 5.41) is 0.410. The highest BCUT2D eigenvalue weighted by atomic mass is 32.2. The van der Waals surface area contributed by atoms with Crippen molar-refractivity contribution in [3.63, 3.8) is 0 Å². The van der Waals surface area contributed by atoms with Gasteiger partial charge in [-0.2, -0.15) is 4.31 Å². The normalized spacial score (nSPS) is 12.4. The highest BCUT2D eigenvalue weighted by Gasteiger charge is 2.27. The molecule has 2 heterocycles. The number of ether oxygens (including phenoxy) is 1. The third-order valence-corrected chi connectivity index (χ3v) is 6.78. The number of nitrogens with one attached hydrogen (secondary N) is 2. The molecule has 0 fully saturated rings. The van der Waals surface area contributed by atoms with Crippen molar-refractivity contribution >= 4 is 37.8 Å². The van der Waals surface area contributed by atoms with Crippen LogP contribution in [0.1, 0.15) is 23.7 Å². The Bertz CT molecular complexity index is 1300. The lowest BCUT2D eigenvalue weighted by molar-refractivity contribution is 0.0507. The number of esters is 1. The van der Waals surface area contributed by atoms with Gasteiger partial charge >= 0.3 is 5.97 Å². The zero-order chi connectivity index (χ0) is 22.9. The number of H-pyrrole nitrogens is 2. The molecule has 9 nitrogen and oxygen atoms in total. The molecule has 3 rings (SSSR count). The van der Waals surface area contributed by atoms with Crippen molar-refractivity contribution in [3.8, 4) is 0 Å². The number of aromatic nitrogens is 2. The Morgan fingerprint density at radius 2 is 1.90 bits per heavy atom. The molecule has 0 aliphatic rings. The predicted molar refractivity (Wildman–Crippen MR) is 115 cm³/mol. The number of hydrogen-bond donors (Lipinski definition) is 2. The van der Waals surface area contributed by atoms with E-state index in [2.05, 4.69) is 9.97 Å². The standard InChI is InChI=1S/C20H25FN4O5S/c1-5-8-30-20(27)13-11-22-18-17(13)12-9-16(14(21)10-15(12)23-19(18)26)31(28,29)25(4)7-6-24(2)3/h9-11,22H,5-8H2,1-4H3,(H,23,26). The quantitative estimate of drug-likeness (QED) is 0.505. The summed E-state index contributed by atoms with van der Waals surface area (Å²) in [7, 11) is 0.819. The zero-order valence-corrected chi connectivity index (χ0v) is 18.6. The minimum absolute atomic E-state index is 0.0758. The number of rotatable bonds is 8. The van der Waals surface area contributed by atoms with E-state index in [1.165, 1.54) is 13.2 Å². The highest BCUT2D eigenvalue weighted by Crippen LogP contribution is 2.30. The van der Waals surface area contributed by atoms with Gasteiger partial charge in [-0.25, -0.2) is 17.6 Å². The minimum Gasteiger partial charge on any atom is -0.462 e. The van der Waals surface area contributed by atoms with Crippen LogP contribution in [0.4, 0.5) is 4.39 Å². The first-order valence-electron chi connectivity index (χ1n) is 9.72. The number of hydrogen-bond acceptors (Lipinski definition) is 6. The van der Waals surface area contributed by atoms with Gasteiger partial charge in [-0.15, -0.1) is 0 Å². The number of nitrogens with zero attached hydrogens (tertiary/aromatic N) is 2. The van der Waals surface area contributed by atoms with Crippen LogP contribution in [0, 0.1) is 5.82 Å². The van der Waals surface area contributed by atoms with Gasteiger partial charge in [-0.3, -0.25) is 4.79 Å². The number of carbonyl (C=O) groups excluding carboxylic acids is 1. The van der Waals surface area contributed by atoms with Crippen molar-refractivity contribution in [3.05, 3.63) is 40.1 Å². The molecule has 0 aliphatic heterocycles. The molecule has 11 heteroatoms. The second kappa shape index (κ2) is 8.77. The molecule has 0 unspecified atom stereocenters. The lowest BCUT2D eigenvalue weighted by Gasteiger charge is -2.20. The lowest BCUT2D eigenvalue weighted by atomic mass is 10.1. The molecule has 0 bridgehead atoms. The molecule has 3 aromatic rings. The topological polar surface area (TPSA) is 116 Å². The van der Waals surface area contributed by atoms with Crippen LogP contribution in [0.25, 0.3) is 21.8 Å². The Labute approximate surface area is 178 Å². The number of likely N-dealkylation sites (N-methyl/N-ethyl adjacent to an activating group) is 2. The summed E-state index contributed by atoms with van der Waals surface area (Å²) in [4.78, 5) is 31.4. The van der Waals surface area contributed by atoms with Crippen LogP contribution >= 0.6 is 0 Å². The van der Waals surface area contributed by atoms with Crippen LogP contribution in [0.2, 0.25) is 0 Å². The highest BCUT2D eigenvalue weighted by molar-refractivity contribution is 7.89. The largest absolute Gasteiger partial charge is 0.462 e. The van der Waals surface area contributed by atoms with Crippen molar-refractivity contribution < 1.29 is 22.3 Å². The van der Waals surface area contributed by atoms with E-state index in [1.54, 1.807) is 14.1 Å². The predicted octanol–water partition coefficient (Wildman–Crippen LogP) is 1.90. The average molecular weight is 453 g/mol. The van der Waals surface area contributed by atoms with E-state index in [1.807, 2.05) is 11.8 Å². The van der Waals surface area contributed by atoms with Gasteiger partial charge < -0.3 is 19.6 Å². The van der Waals surface area contributed by atoms with Crippen molar-refractivity contribution in [1.29, 1.82) is 0 Å². The summed E-state index contributed by atoms with van der Waals surface area (Å²) >= 11 is 0. The van der Waals surface area contributed by atoms with Gasteiger partial charge in [0.05, 0.1) is 17.7 Å². The van der Waals surface area contributed by atoms with Gasteiger partial charge in [0.1, 0.15) is 16.2 Å². The number of fused-ring (bicyclic) bond motifs is 3. The Kier molecular flexibility index (Phi) is 6.48. The van der Waals surface area contributed by atoms with Crippen LogP contribution in [-0.4, -0.2) is 74.4 Å². The van der Waals surface area contributed by atoms with Gasteiger partial charge in [0.2, 0.25) is 10.0 Å². The monoisotopic (exact) mass is 452 g/mol. The number of carbonyl (C=O) groups is 1. The van der Waals surface area contributed by atoms with Crippen LogP contribution in [0.5, 0.6) is 0 Å². The van der Waals surface area contributed by atoms with Gasteiger partial charge in [0.15, 0.2) is 0 Å². The fourth-order valence-corrected chi connectivity index (χ4v) is 4.42. The maximum Gasteiger partial charge on any atom is 0.340 e. The molecule has 0 saturated carbocycles. The van der Waals surface area contributed by atoms with Crippen molar-refractivity contribution in [2.24, 2.45) is 0 Å². The van der Waals surface area contributed by atoms with E-state index in [9.17, 15) is 22.4 Å². The molecule has 0 radical (unpaired) electrons. The SMILES string of the molecule is CCCOC(=O)c1c[nH]c2c(=O)[nH]c3cc(F)c(S(=O)(=O)N(C)CCN(C)C)cc3c12. The summed E-state index contributed by atoms with van der Waals surface area (Å²) in [5.41, 5.74) is -0.327. The molecule has 1 aromatic carbocycles. The fourth-order valence-electron chi connectivity index (χ4n) is 3.19. The number of sulfonamides is 1. The number of pyridine rings is 1. The molecule has 31 heavy (non-hydrogen) atoms. The Balaban J connectivity index is 2.22. The van der Waals surface area contributed by atoms with E-state index in [0.29, 0.717) is 13.0 Å². The first-order chi connectivity index (χ1) is 14.6. The summed E-state index contributed by atoms with van der Waals surface area (Å²) in [6, 6.07) is 2.10.